The first-order chi connectivity index (χ1) is 10.9. The van der Waals surface area contributed by atoms with Crippen molar-refractivity contribution in [1.29, 1.82) is 0 Å². The topological polar surface area (TPSA) is 77.3 Å². The van der Waals surface area contributed by atoms with Gasteiger partial charge in [-0.3, -0.25) is 15.1 Å². The number of hydrogen-bond acceptors (Lipinski definition) is 5. The van der Waals surface area contributed by atoms with Crippen molar-refractivity contribution in [2.24, 2.45) is 0 Å². The standard InChI is InChI=1S/C14H12ClF2N3O3/c1-8-4-12(11(15)5-13(8)20(21)22)19-6-9-2-3-10(7-18-9)23-14(16)17/h2-5,7,14,19H,6H2,1H3. The molecule has 6 nitrogen and oxygen atoms in total. The van der Waals surface area contributed by atoms with E-state index in [2.05, 4.69) is 15.0 Å². The first-order valence-corrected chi connectivity index (χ1v) is 6.82. The number of aryl methyl sites for hydroxylation is 1. The van der Waals surface area contributed by atoms with Crippen LogP contribution >= 0.6 is 11.6 Å². The van der Waals surface area contributed by atoms with Gasteiger partial charge in [0.15, 0.2) is 0 Å². The number of pyridine rings is 1. The van der Waals surface area contributed by atoms with Crippen LogP contribution in [0, 0.1) is 17.0 Å². The van der Waals surface area contributed by atoms with Gasteiger partial charge in [-0.15, -0.1) is 0 Å². The Morgan fingerprint density at radius 3 is 2.74 bits per heavy atom. The summed E-state index contributed by atoms with van der Waals surface area (Å²) in [5.41, 5.74) is 1.49. The molecule has 0 aliphatic heterocycles. The van der Waals surface area contributed by atoms with Gasteiger partial charge in [-0.05, 0) is 25.1 Å². The SMILES string of the molecule is Cc1cc(NCc2ccc(OC(F)F)cn2)c(Cl)cc1[N+](=O)[O-]. The molecule has 1 aromatic carbocycles. The van der Waals surface area contributed by atoms with Crippen LogP contribution in [0.25, 0.3) is 0 Å². The number of nitrogens with one attached hydrogen (secondary N) is 1. The third-order valence-corrected chi connectivity index (χ3v) is 3.28. The summed E-state index contributed by atoms with van der Waals surface area (Å²) in [6.45, 7) is -1.03. The molecule has 23 heavy (non-hydrogen) atoms. The Balaban J connectivity index is 2.06. The van der Waals surface area contributed by atoms with Gasteiger partial charge in [0.25, 0.3) is 5.69 Å². The zero-order valence-corrected chi connectivity index (χ0v) is 12.7. The monoisotopic (exact) mass is 343 g/mol. The Labute approximate surface area is 135 Å². The molecular formula is C14H12ClF2N3O3. The van der Waals surface area contributed by atoms with Crippen molar-refractivity contribution in [2.45, 2.75) is 20.1 Å². The van der Waals surface area contributed by atoms with Gasteiger partial charge < -0.3 is 10.1 Å². The van der Waals surface area contributed by atoms with E-state index in [1.807, 2.05) is 0 Å². The molecule has 0 fully saturated rings. The maximum Gasteiger partial charge on any atom is 0.387 e. The molecule has 0 unspecified atom stereocenters. The zero-order valence-electron chi connectivity index (χ0n) is 11.9. The highest BCUT2D eigenvalue weighted by Gasteiger charge is 2.14. The smallest absolute Gasteiger partial charge is 0.387 e. The number of nitro groups is 1. The highest BCUT2D eigenvalue weighted by atomic mass is 35.5. The quantitative estimate of drug-likeness (QED) is 0.629. The average Bonchev–Trinajstić information content (AvgIpc) is 2.48. The summed E-state index contributed by atoms with van der Waals surface area (Å²) < 4.78 is 28.3. The molecule has 122 valence electrons. The summed E-state index contributed by atoms with van der Waals surface area (Å²) in [7, 11) is 0. The number of nitrogens with zero attached hydrogens (tertiary/aromatic N) is 2. The molecule has 9 heteroatoms. The number of ether oxygens (including phenoxy) is 1. The van der Waals surface area contributed by atoms with Crippen molar-refractivity contribution in [3.63, 3.8) is 0 Å². The van der Waals surface area contributed by atoms with Crippen LogP contribution in [0.4, 0.5) is 20.2 Å². The molecule has 0 atom stereocenters. The number of anilines is 1. The first kappa shape index (κ1) is 16.9. The first-order valence-electron chi connectivity index (χ1n) is 6.45. The van der Waals surface area contributed by atoms with Crippen molar-refractivity contribution in [3.8, 4) is 5.75 Å². The highest BCUT2D eigenvalue weighted by Crippen LogP contribution is 2.30. The number of benzene rings is 1. The number of aromatic nitrogens is 1. The van der Waals surface area contributed by atoms with Crippen LogP contribution in [-0.4, -0.2) is 16.5 Å². The van der Waals surface area contributed by atoms with Crippen molar-refractivity contribution < 1.29 is 18.4 Å². The average molecular weight is 344 g/mol. The summed E-state index contributed by atoms with van der Waals surface area (Å²) in [5, 5.41) is 14.0. The van der Waals surface area contributed by atoms with Crippen molar-refractivity contribution >= 4 is 23.0 Å². The molecule has 0 saturated heterocycles. The molecule has 0 spiro atoms. The number of alkyl halides is 2. The Bertz CT molecular complexity index is 711. The lowest BCUT2D eigenvalue weighted by Crippen LogP contribution is -2.05. The number of halogens is 3. The Morgan fingerprint density at radius 1 is 1.43 bits per heavy atom. The highest BCUT2D eigenvalue weighted by molar-refractivity contribution is 6.33. The molecule has 1 heterocycles. The van der Waals surface area contributed by atoms with E-state index in [0.717, 1.165) is 0 Å². The fourth-order valence-corrected chi connectivity index (χ4v) is 2.10. The van der Waals surface area contributed by atoms with Gasteiger partial charge >= 0.3 is 6.61 Å². The Kier molecular flexibility index (Phi) is 5.28. The maximum absolute atomic E-state index is 12.0. The molecular weight excluding hydrogens is 332 g/mol. The summed E-state index contributed by atoms with van der Waals surface area (Å²) in [5.74, 6) is -0.0343. The van der Waals surface area contributed by atoms with E-state index >= 15 is 0 Å². The molecule has 0 aliphatic carbocycles. The van der Waals surface area contributed by atoms with Gasteiger partial charge in [-0.1, -0.05) is 11.6 Å². The van der Waals surface area contributed by atoms with Crippen molar-refractivity contribution in [3.05, 3.63) is 56.9 Å². The van der Waals surface area contributed by atoms with E-state index in [-0.39, 0.29) is 23.0 Å². The molecule has 0 aliphatic rings. The fourth-order valence-electron chi connectivity index (χ4n) is 1.88. The Hall–Kier alpha value is -2.48. The van der Waals surface area contributed by atoms with Gasteiger partial charge in [-0.25, -0.2) is 0 Å². The molecule has 1 N–H and O–H groups in total. The molecule has 0 radical (unpaired) electrons. The number of nitro benzene ring substituents is 1. The van der Waals surface area contributed by atoms with Crippen molar-refractivity contribution in [1.82, 2.24) is 4.98 Å². The Morgan fingerprint density at radius 2 is 2.17 bits per heavy atom. The van der Waals surface area contributed by atoms with Crippen LogP contribution in [-0.2, 0) is 6.54 Å². The second-order valence-electron chi connectivity index (χ2n) is 4.59. The zero-order chi connectivity index (χ0) is 17.0. The van der Waals surface area contributed by atoms with Gasteiger partial charge in [0.1, 0.15) is 5.75 Å². The van der Waals surface area contributed by atoms with Gasteiger partial charge in [0.05, 0.1) is 34.1 Å². The van der Waals surface area contributed by atoms with Gasteiger partial charge in [-0.2, -0.15) is 8.78 Å². The molecule has 2 rings (SSSR count). The molecule has 0 bridgehead atoms. The maximum atomic E-state index is 12.0. The van der Waals surface area contributed by atoms with Crippen LogP contribution in [0.2, 0.25) is 5.02 Å². The van der Waals surface area contributed by atoms with Crippen LogP contribution in [0.3, 0.4) is 0 Å². The predicted molar refractivity (Wildman–Crippen MR) is 81.0 cm³/mol. The van der Waals surface area contributed by atoms with Crippen molar-refractivity contribution in [2.75, 3.05) is 5.32 Å². The minimum absolute atomic E-state index is 0.0343. The van der Waals surface area contributed by atoms with E-state index in [4.69, 9.17) is 11.6 Å². The summed E-state index contributed by atoms with van der Waals surface area (Å²) in [6.07, 6.45) is 1.19. The van der Waals surface area contributed by atoms with Gasteiger partial charge in [0.2, 0.25) is 0 Å². The van der Waals surface area contributed by atoms with Crippen LogP contribution < -0.4 is 10.1 Å². The van der Waals surface area contributed by atoms with Gasteiger partial charge in [0, 0.05) is 11.6 Å². The lowest BCUT2D eigenvalue weighted by atomic mass is 10.2. The van der Waals surface area contributed by atoms with Crippen LogP contribution in [0.1, 0.15) is 11.3 Å². The lowest BCUT2D eigenvalue weighted by molar-refractivity contribution is -0.385. The predicted octanol–water partition coefficient (Wildman–Crippen LogP) is 4.17. The third-order valence-electron chi connectivity index (χ3n) is 2.97. The normalized spacial score (nSPS) is 10.7. The van der Waals surface area contributed by atoms with E-state index in [9.17, 15) is 18.9 Å². The van der Waals surface area contributed by atoms with Crippen LogP contribution in [0.15, 0.2) is 30.5 Å². The van der Waals surface area contributed by atoms with E-state index in [0.29, 0.717) is 16.9 Å². The summed E-state index contributed by atoms with van der Waals surface area (Å²) in [4.78, 5) is 14.3. The van der Waals surface area contributed by atoms with Crippen LogP contribution in [0.5, 0.6) is 5.75 Å². The van der Waals surface area contributed by atoms with E-state index < -0.39 is 11.5 Å². The molecule has 0 saturated carbocycles. The summed E-state index contributed by atoms with van der Waals surface area (Å²) in [6, 6.07) is 5.73. The molecule has 1 aromatic heterocycles. The third kappa shape index (κ3) is 4.49. The number of rotatable bonds is 6. The minimum atomic E-state index is -2.90. The number of hydrogen-bond donors (Lipinski definition) is 1. The van der Waals surface area contributed by atoms with E-state index in [1.165, 1.54) is 24.4 Å². The second kappa shape index (κ2) is 7.19. The fraction of sp³-hybridized carbons (Fsp3) is 0.214. The molecule has 2 aromatic rings. The van der Waals surface area contributed by atoms with E-state index in [1.54, 1.807) is 13.0 Å². The lowest BCUT2D eigenvalue weighted by Gasteiger charge is -2.10. The largest absolute Gasteiger partial charge is 0.433 e. The molecule has 0 amide bonds. The second-order valence-corrected chi connectivity index (χ2v) is 5.00. The minimum Gasteiger partial charge on any atom is -0.433 e. The summed E-state index contributed by atoms with van der Waals surface area (Å²) >= 11 is 6.00.